The number of ether oxygens (including phenoxy) is 1. The highest BCUT2D eigenvalue weighted by Gasteiger charge is 2.26. The van der Waals surface area contributed by atoms with E-state index in [4.69, 9.17) is 38.2 Å². The molecule has 6 heteroatoms. The van der Waals surface area contributed by atoms with Crippen molar-refractivity contribution in [3.8, 4) is 0 Å². The Morgan fingerprint density at radius 3 is 2.38 bits per heavy atom. The van der Waals surface area contributed by atoms with E-state index in [0.717, 1.165) is 0 Å². The minimum Gasteiger partial charge on any atom is -0.391 e. The van der Waals surface area contributed by atoms with Gasteiger partial charge in [0.15, 0.2) is 0 Å². The summed E-state index contributed by atoms with van der Waals surface area (Å²) in [6.07, 6.45) is 0. The molecule has 0 saturated heterocycles. The largest absolute Gasteiger partial charge is 0.391 e. The second kappa shape index (κ2) is 5.82. The molecular weight excluding hydrogens is 255 g/mol. The summed E-state index contributed by atoms with van der Waals surface area (Å²) in [6, 6.07) is 4.80. The average Bonchev–Trinajstić information content (AvgIpc) is 2.30. The SMILES string of the molecule is OCC(O)(CO)OCc1cc(Cl)ccc1Cl. The number of rotatable bonds is 5. The Labute approximate surface area is 103 Å². The van der Waals surface area contributed by atoms with Crippen molar-refractivity contribution in [3.05, 3.63) is 33.8 Å². The Morgan fingerprint density at radius 2 is 1.81 bits per heavy atom. The molecule has 0 heterocycles. The van der Waals surface area contributed by atoms with Gasteiger partial charge < -0.3 is 20.1 Å². The summed E-state index contributed by atoms with van der Waals surface area (Å²) >= 11 is 11.6. The average molecular weight is 267 g/mol. The molecule has 0 spiro atoms. The first-order valence-electron chi connectivity index (χ1n) is 4.53. The predicted molar refractivity (Wildman–Crippen MR) is 60.4 cm³/mol. The van der Waals surface area contributed by atoms with Crippen LogP contribution in [0.4, 0.5) is 0 Å². The van der Waals surface area contributed by atoms with E-state index in [9.17, 15) is 5.11 Å². The molecular formula is C10H12Cl2O4. The maximum atomic E-state index is 9.45. The van der Waals surface area contributed by atoms with Crippen molar-refractivity contribution < 1.29 is 20.1 Å². The predicted octanol–water partition coefficient (Wildman–Crippen LogP) is 1.18. The zero-order valence-corrected chi connectivity index (χ0v) is 9.87. The van der Waals surface area contributed by atoms with Crippen LogP contribution in [-0.2, 0) is 11.3 Å². The van der Waals surface area contributed by atoms with E-state index in [2.05, 4.69) is 0 Å². The molecule has 16 heavy (non-hydrogen) atoms. The Morgan fingerprint density at radius 1 is 1.19 bits per heavy atom. The summed E-state index contributed by atoms with van der Waals surface area (Å²) in [5.41, 5.74) is 0.564. The summed E-state index contributed by atoms with van der Waals surface area (Å²) in [7, 11) is 0. The van der Waals surface area contributed by atoms with Crippen molar-refractivity contribution in [2.24, 2.45) is 0 Å². The molecule has 0 aromatic heterocycles. The third-order valence-corrected chi connectivity index (χ3v) is 2.60. The minimum absolute atomic E-state index is 0.0585. The van der Waals surface area contributed by atoms with Gasteiger partial charge in [0, 0.05) is 10.0 Å². The highest BCUT2D eigenvalue weighted by atomic mass is 35.5. The molecule has 0 amide bonds. The lowest BCUT2D eigenvalue weighted by atomic mass is 10.2. The third-order valence-electron chi connectivity index (χ3n) is 2.00. The summed E-state index contributed by atoms with van der Waals surface area (Å²) < 4.78 is 4.96. The maximum Gasteiger partial charge on any atom is 0.213 e. The molecule has 1 aromatic carbocycles. The zero-order chi connectivity index (χ0) is 12.2. The van der Waals surface area contributed by atoms with Gasteiger partial charge in [-0.25, -0.2) is 0 Å². The molecule has 0 aliphatic heterocycles. The van der Waals surface area contributed by atoms with Crippen molar-refractivity contribution in [2.45, 2.75) is 12.4 Å². The van der Waals surface area contributed by atoms with Crippen LogP contribution in [0, 0.1) is 0 Å². The lowest BCUT2D eigenvalue weighted by molar-refractivity contribution is -0.248. The molecule has 3 N–H and O–H groups in total. The van der Waals surface area contributed by atoms with Crippen LogP contribution >= 0.6 is 23.2 Å². The number of aliphatic hydroxyl groups is 3. The normalized spacial score (nSPS) is 11.8. The van der Waals surface area contributed by atoms with Gasteiger partial charge >= 0.3 is 0 Å². The van der Waals surface area contributed by atoms with Crippen molar-refractivity contribution in [1.82, 2.24) is 0 Å². The highest BCUT2D eigenvalue weighted by Crippen LogP contribution is 2.22. The second-order valence-corrected chi connectivity index (χ2v) is 4.13. The van der Waals surface area contributed by atoms with Gasteiger partial charge in [0.25, 0.3) is 0 Å². The molecule has 0 bridgehead atoms. The van der Waals surface area contributed by atoms with Gasteiger partial charge in [0.05, 0.1) is 19.8 Å². The fourth-order valence-corrected chi connectivity index (χ4v) is 1.37. The number of aliphatic hydroxyl groups excluding tert-OH is 2. The van der Waals surface area contributed by atoms with Gasteiger partial charge in [-0.3, -0.25) is 0 Å². The number of hydrogen-bond acceptors (Lipinski definition) is 4. The number of halogens is 2. The van der Waals surface area contributed by atoms with Crippen molar-refractivity contribution >= 4 is 23.2 Å². The van der Waals surface area contributed by atoms with Crippen molar-refractivity contribution in [1.29, 1.82) is 0 Å². The summed E-state index contributed by atoms with van der Waals surface area (Å²) in [5, 5.41) is 28.0. The molecule has 0 aliphatic rings. The summed E-state index contributed by atoms with van der Waals surface area (Å²) in [4.78, 5) is 0. The number of benzene rings is 1. The first kappa shape index (κ1) is 13.7. The van der Waals surface area contributed by atoms with E-state index in [1.807, 2.05) is 0 Å². The van der Waals surface area contributed by atoms with Crippen LogP contribution in [0.5, 0.6) is 0 Å². The van der Waals surface area contributed by atoms with E-state index in [-0.39, 0.29) is 6.61 Å². The van der Waals surface area contributed by atoms with Crippen LogP contribution in [0.15, 0.2) is 18.2 Å². The molecule has 1 rings (SSSR count). The molecule has 4 nitrogen and oxygen atoms in total. The van der Waals surface area contributed by atoms with E-state index >= 15 is 0 Å². The molecule has 90 valence electrons. The smallest absolute Gasteiger partial charge is 0.213 e. The van der Waals surface area contributed by atoms with Gasteiger partial charge in [-0.2, -0.15) is 0 Å². The molecule has 0 atom stereocenters. The molecule has 0 unspecified atom stereocenters. The van der Waals surface area contributed by atoms with Crippen LogP contribution in [0.2, 0.25) is 10.0 Å². The van der Waals surface area contributed by atoms with Gasteiger partial charge in [0.1, 0.15) is 0 Å². The lowest BCUT2D eigenvalue weighted by Crippen LogP contribution is -2.40. The summed E-state index contributed by atoms with van der Waals surface area (Å²) in [5.74, 6) is -1.97. The van der Waals surface area contributed by atoms with E-state index < -0.39 is 19.0 Å². The quantitative estimate of drug-likeness (QED) is 0.701. The molecule has 1 aromatic rings. The van der Waals surface area contributed by atoms with E-state index in [1.54, 1.807) is 18.2 Å². The fourth-order valence-electron chi connectivity index (χ4n) is 1.01. The minimum atomic E-state index is -1.97. The highest BCUT2D eigenvalue weighted by molar-refractivity contribution is 6.33. The topological polar surface area (TPSA) is 69.9 Å². The second-order valence-electron chi connectivity index (χ2n) is 3.29. The van der Waals surface area contributed by atoms with Crippen LogP contribution in [0.25, 0.3) is 0 Å². The van der Waals surface area contributed by atoms with E-state index in [1.165, 1.54) is 0 Å². The molecule has 0 saturated carbocycles. The fraction of sp³-hybridized carbons (Fsp3) is 0.400. The van der Waals surface area contributed by atoms with Gasteiger partial charge in [-0.05, 0) is 23.8 Å². The molecule has 0 radical (unpaired) electrons. The van der Waals surface area contributed by atoms with Crippen LogP contribution < -0.4 is 0 Å². The Bertz CT molecular complexity index is 353. The van der Waals surface area contributed by atoms with Crippen LogP contribution in [0.1, 0.15) is 5.56 Å². The Hall–Kier alpha value is -0.360. The van der Waals surface area contributed by atoms with Gasteiger partial charge in [0.2, 0.25) is 5.79 Å². The Balaban J connectivity index is 2.70. The number of hydrogen-bond donors (Lipinski definition) is 3. The van der Waals surface area contributed by atoms with Crippen LogP contribution in [-0.4, -0.2) is 34.3 Å². The van der Waals surface area contributed by atoms with Gasteiger partial charge in [-0.15, -0.1) is 0 Å². The molecule has 0 aliphatic carbocycles. The molecule has 0 fully saturated rings. The van der Waals surface area contributed by atoms with Crippen molar-refractivity contribution in [2.75, 3.05) is 13.2 Å². The third kappa shape index (κ3) is 3.59. The standard InChI is InChI=1S/C10H12Cl2O4/c11-8-1-2-9(12)7(3-8)4-16-10(15,5-13)6-14/h1-3,13-15H,4-6H2. The lowest BCUT2D eigenvalue weighted by Gasteiger charge is -2.23. The first-order valence-corrected chi connectivity index (χ1v) is 5.28. The first-order chi connectivity index (χ1) is 7.50. The summed E-state index contributed by atoms with van der Waals surface area (Å²) in [6.45, 7) is -1.47. The maximum absolute atomic E-state index is 9.45. The monoisotopic (exact) mass is 266 g/mol. The van der Waals surface area contributed by atoms with Crippen LogP contribution in [0.3, 0.4) is 0 Å². The van der Waals surface area contributed by atoms with E-state index in [0.29, 0.717) is 15.6 Å². The zero-order valence-electron chi connectivity index (χ0n) is 8.36. The van der Waals surface area contributed by atoms with Gasteiger partial charge in [-0.1, -0.05) is 23.2 Å². The Kier molecular flexibility index (Phi) is 4.98. The van der Waals surface area contributed by atoms with Crippen molar-refractivity contribution in [3.63, 3.8) is 0 Å².